The van der Waals surface area contributed by atoms with Crippen molar-refractivity contribution >= 4 is 0 Å². The van der Waals surface area contributed by atoms with Crippen molar-refractivity contribution in [3.05, 3.63) is 42.7 Å². The standard InChI is InChI=1S/C13H19N3O/c1-2-3-13(17)12-4-6-15(10-12)8-9-16-7-5-14-11-16/h4-7,10-11,13,17H,2-3,8-9H2,1H3. The van der Waals surface area contributed by atoms with Crippen LogP contribution in [0.5, 0.6) is 0 Å². The number of rotatable bonds is 6. The van der Waals surface area contributed by atoms with Gasteiger partial charge in [-0.25, -0.2) is 4.98 Å². The van der Waals surface area contributed by atoms with Gasteiger partial charge < -0.3 is 14.2 Å². The number of imidazole rings is 1. The van der Waals surface area contributed by atoms with Crippen molar-refractivity contribution in [3.63, 3.8) is 0 Å². The van der Waals surface area contributed by atoms with E-state index >= 15 is 0 Å². The minimum atomic E-state index is -0.325. The molecule has 4 nitrogen and oxygen atoms in total. The number of aromatic nitrogens is 3. The summed E-state index contributed by atoms with van der Waals surface area (Å²) in [5, 5.41) is 9.86. The fourth-order valence-electron chi connectivity index (χ4n) is 1.89. The molecule has 2 heterocycles. The summed E-state index contributed by atoms with van der Waals surface area (Å²) in [6.45, 7) is 3.88. The lowest BCUT2D eigenvalue weighted by molar-refractivity contribution is 0.166. The number of nitrogens with zero attached hydrogens (tertiary/aromatic N) is 3. The van der Waals surface area contributed by atoms with E-state index in [4.69, 9.17) is 0 Å². The van der Waals surface area contributed by atoms with Crippen LogP contribution in [0.1, 0.15) is 31.4 Å². The van der Waals surface area contributed by atoms with Gasteiger partial charge in [0, 0.05) is 37.9 Å². The first-order valence-corrected chi connectivity index (χ1v) is 6.09. The molecule has 1 unspecified atom stereocenters. The van der Waals surface area contributed by atoms with Crippen LogP contribution in [0, 0.1) is 0 Å². The summed E-state index contributed by atoms with van der Waals surface area (Å²) >= 11 is 0. The van der Waals surface area contributed by atoms with Gasteiger partial charge in [0.05, 0.1) is 12.4 Å². The number of hydrogen-bond donors (Lipinski definition) is 1. The lowest BCUT2D eigenvalue weighted by atomic mass is 10.1. The molecule has 0 aliphatic heterocycles. The molecule has 0 saturated heterocycles. The van der Waals surface area contributed by atoms with Crippen molar-refractivity contribution in [1.29, 1.82) is 0 Å². The zero-order valence-electron chi connectivity index (χ0n) is 10.2. The molecule has 0 aromatic carbocycles. The Bertz CT molecular complexity index is 433. The molecular weight excluding hydrogens is 214 g/mol. The zero-order valence-corrected chi connectivity index (χ0v) is 10.2. The molecule has 2 aromatic rings. The van der Waals surface area contributed by atoms with Gasteiger partial charge in [-0.05, 0) is 18.1 Å². The highest BCUT2D eigenvalue weighted by molar-refractivity contribution is 5.13. The van der Waals surface area contributed by atoms with Crippen molar-refractivity contribution in [2.75, 3.05) is 0 Å². The number of aliphatic hydroxyl groups is 1. The summed E-state index contributed by atoms with van der Waals surface area (Å²) in [5.74, 6) is 0. The molecule has 0 bridgehead atoms. The predicted molar refractivity (Wildman–Crippen MR) is 66.5 cm³/mol. The van der Waals surface area contributed by atoms with Crippen LogP contribution in [-0.2, 0) is 13.1 Å². The summed E-state index contributed by atoms with van der Waals surface area (Å²) in [7, 11) is 0. The summed E-state index contributed by atoms with van der Waals surface area (Å²) in [6.07, 6.45) is 11.1. The first-order valence-electron chi connectivity index (χ1n) is 6.09. The van der Waals surface area contributed by atoms with Crippen molar-refractivity contribution in [1.82, 2.24) is 14.1 Å². The molecule has 4 heteroatoms. The van der Waals surface area contributed by atoms with Crippen molar-refractivity contribution in [2.45, 2.75) is 39.0 Å². The Balaban J connectivity index is 1.89. The molecule has 0 aliphatic carbocycles. The van der Waals surface area contributed by atoms with Gasteiger partial charge in [0.15, 0.2) is 0 Å². The molecule has 0 fully saturated rings. The number of aliphatic hydroxyl groups excluding tert-OH is 1. The smallest absolute Gasteiger partial charge is 0.0946 e. The maximum absolute atomic E-state index is 9.86. The zero-order chi connectivity index (χ0) is 12.1. The average molecular weight is 233 g/mol. The summed E-state index contributed by atoms with van der Waals surface area (Å²) in [5.41, 5.74) is 1.01. The Labute approximate surface area is 102 Å². The monoisotopic (exact) mass is 233 g/mol. The van der Waals surface area contributed by atoms with Gasteiger partial charge in [-0.15, -0.1) is 0 Å². The second kappa shape index (κ2) is 5.68. The highest BCUT2D eigenvalue weighted by atomic mass is 16.3. The third-order valence-corrected chi connectivity index (χ3v) is 2.90. The van der Waals surface area contributed by atoms with Gasteiger partial charge in [-0.1, -0.05) is 13.3 Å². The van der Waals surface area contributed by atoms with E-state index in [1.54, 1.807) is 6.20 Å². The molecule has 92 valence electrons. The van der Waals surface area contributed by atoms with E-state index in [1.165, 1.54) is 0 Å². The third kappa shape index (κ3) is 3.20. The van der Waals surface area contributed by atoms with Gasteiger partial charge in [0.2, 0.25) is 0 Å². The van der Waals surface area contributed by atoms with E-state index in [0.717, 1.165) is 31.5 Å². The largest absolute Gasteiger partial charge is 0.388 e. The van der Waals surface area contributed by atoms with Crippen LogP contribution in [0.15, 0.2) is 37.2 Å². The maximum Gasteiger partial charge on any atom is 0.0946 e. The SMILES string of the molecule is CCCC(O)c1ccn(CCn2ccnc2)c1. The average Bonchev–Trinajstić information content (AvgIpc) is 2.98. The molecule has 0 spiro atoms. The van der Waals surface area contributed by atoms with Crippen LogP contribution in [0.25, 0.3) is 0 Å². The van der Waals surface area contributed by atoms with Gasteiger partial charge in [0.25, 0.3) is 0 Å². The van der Waals surface area contributed by atoms with Gasteiger partial charge in [0.1, 0.15) is 0 Å². The second-order valence-corrected chi connectivity index (χ2v) is 4.29. The fraction of sp³-hybridized carbons (Fsp3) is 0.462. The maximum atomic E-state index is 9.86. The van der Waals surface area contributed by atoms with Gasteiger partial charge in [-0.2, -0.15) is 0 Å². The fourth-order valence-corrected chi connectivity index (χ4v) is 1.89. The summed E-state index contributed by atoms with van der Waals surface area (Å²) in [4.78, 5) is 4.01. The van der Waals surface area contributed by atoms with Crippen molar-refractivity contribution < 1.29 is 5.11 Å². The van der Waals surface area contributed by atoms with Crippen LogP contribution in [0.2, 0.25) is 0 Å². The normalized spacial score (nSPS) is 12.8. The lowest BCUT2D eigenvalue weighted by Gasteiger charge is -2.07. The first-order chi connectivity index (χ1) is 8.29. The molecule has 2 aromatic heterocycles. The van der Waals surface area contributed by atoms with Crippen LogP contribution in [0.3, 0.4) is 0 Å². The molecule has 1 N–H and O–H groups in total. The molecule has 17 heavy (non-hydrogen) atoms. The Kier molecular flexibility index (Phi) is 3.98. The molecule has 0 aliphatic rings. The molecule has 1 atom stereocenters. The topological polar surface area (TPSA) is 43.0 Å². The van der Waals surface area contributed by atoms with E-state index < -0.39 is 0 Å². The first kappa shape index (κ1) is 11.9. The highest BCUT2D eigenvalue weighted by Crippen LogP contribution is 2.18. The third-order valence-electron chi connectivity index (χ3n) is 2.90. The Morgan fingerprint density at radius 2 is 2.12 bits per heavy atom. The molecule has 0 radical (unpaired) electrons. The molecular formula is C13H19N3O. The lowest BCUT2D eigenvalue weighted by Crippen LogP contribution is -2.04. The molecule has 0 saturated carbocycles. The Hall–Kier alpha value is -1.55. The number of aryl methyl sites for hydroxylation is 2. The minimum absolute atomic E-state index is 0.325. The van der Waals surface area contributed by atoms with E-state index in [-0.39, 0.29) is 6.10 Å². The van der Waals surface area contributed by atoms with Gasteiger partial charge >= 0.3 is 0 Å². The van der Waals surface area contributed by atoms with E-state index in [1.807, 2.05) is 35.6 Å². The van der Waals surface area contributed by atoms with Gasteiger partial charge in [-0.3, -0.25) is 0 Å². The number of hydrogen-bond acceptors (Lipinski definition) is 2. The van der Waals surface area contributed by atoms with E-state index in [0.29, 0.717) is 0 Å². The van der Waals surface area contributed by atoms with E-state index in [2.05, 4.69) is 16.5 Å². The summed E-state index contributed by atoms with van der Waals surface area (Å²) < 4.78 is 4.15. The predicted octanol–water partition coefficient (Wildman–Crippen LogP) is 2.22. The molecule has 2 rings (SSSR count). The summed E-state index contributed by atoms with van der Waals surface area (Å²) in [6, 6.07) is 1.99. The van der Waals surface area contributed by atoms with Crippen LogP contribution in [0.4, 0.5) is 0 Å². The highest BCUT2D eigenvalue weighted by Gasteiger charge is 2.07. The van der Waals surface area contributed by atoms with Crippen LogP contribution >= 0.6 is 0 Å². The van der Waals surface area contributed by atoms with E-state index in [9.17, 15) is 5.11 Å². The Morgan fingerprint density at radius 3 is 2.82 bits per heavy atom. The van der Waals surface area contributed by atoms with Crippen LogP contribution in [-0.4, -0.2) is 19.2 Å². The minimum Gasteiger partial charge on any atom is -0.388 e. The quantitative estimate of drug-likeness (QED) is 0.831. The Morgan fingerprint density at radius 1 is 1.29 bits per heavy atom. The van der Waals surface area contributed by atoms with Crippen molar-refractivity contribution in [3.8, 4) is 0 Å². The second-order valence-electron chi connectivity index (χ2n) is 4.29. The van der Waals surface area contributed by atoms with Crippen molar-refractivity contribution in [2.24, 2.45) is 0 Å². The molecule has 0 amide bonds. The van der Waals surface area contributed by atoms with Crippen LogP contribution < -0.4 is 0 Å².